The van der Waals surface area contributed by atoms with Crippen molar-refractivity contribution in [3.05, 3.63) is 83.4 Å². The van der Waals surface area contributed by atoms with E-state index in [1.54, 1.807) is 0 Å². The van der Waals surface area contributed by atoms with Gasteiger partial charge in [-0.2, -0.15) is 0 Å². The van der Waals surface area contributed by atoms with Crippen molar-refractivity contribution in [2.24, 2.45) is 0 Å². The van der Waals surface area contributed by atoms with Gasteiger partial charge in [-0.1, -0.05) is 72.3 Å². The number of rotatable bonds is 5. The monoisotopic (exact) mass is 372 g/mol. The van der Waals surface area contributed by atoms with Crippen LogP contribution in [-0.4, -0.2) is 29.3 Å². The van der Waals surface area contributed by atoms with Crippen molar-refractivity contribution in [2.45, 2.75) is 32.4 Å². The molecule has 1 heterocycles. The zero-order valence-corrected chi connectivity index (χ0v) is 16.0. The average molecular weight is 372 g/mol. The molecule has 1 aliphatic heterocycles. The maximum absolute atomic E-state index is 12.7. The summed E-state index contributed by atoms with van der Waals surface area (Å²) >= 11 is 0. The minimum absolute atomic E-state index is 0.00689. The van der Waals surface area contributed by atoms with Crippen LogP contribution in [0.25, 0.3) is 10.8 Å². The Bertz CT molecular complexity index is 1010. The minimum atomic E-state index is -0.418. The Kier molecular flexibility index (Phi) is 5.11. The number of benzene rings is 3. The molecule has 1 unspecified atom stereocenters. The van der Waals surface area contributed by atoms with E-state index in [4.69, 9.17) is 0 Å². The zero-order chi connectivity index (χ0) is 19.5. The van der Waals surface area contributed by atoms with Crippen LogP contribution < -0.4 is 5.32 Å². The first-order valence-corrected chi connectivity index (χ1v) is 9.70. The summed E-state index contributed by atoms with van der Waals surface area (Å²) in [6.45, 7) is 3.32. The lowest BCUT2D eigenvalue weighted by Gasteiger charge is -2.17. The Morgan fingerprint density at radius 2 is 1.71 bits per heavy atom. The second-order valence-corrected chi connectivity index (χ2v) is 7.51. The molecule has 0 saturated carbocycles. The number of fused-ring (bicyclic) bond motifs is 1. The van der Waals surface area contributed by atoms with E-state index in [1.807, 2.05) is 60.4 Å². The number of hydrogen-bond donors (Lipinski definition) is 1. The number of amides is 2. The molecule has 0 bridgehead atoms. The van der Waals surface area contributed by atoms with Crippen LogP contribution in [0, 0.1) is 6.92 Å². The van der Waals surface area contributed by atoms with Gasteiger partial charge in [-0.05, 0) is 35.2 Å². The predicted octanol–water partition coefficient (Wildman–Crippen LogP) is 3.61. The van der Waals surface area contributed by atoms with E-state index in [1.165, 1.54) is 5.56 Å². The van der Waals surface area contributed by atoms with Gasteiger partial charge in [0.25, 0.3) is 0 Å². The molecule has 4 heteroatoms. The van der Waals surface area contributed by atoms with E-state index in [2.05, 4.69) is 23.5 Å². The third-order valence-corrected chi connectivity index (χ3v) is 5.31. The first kappa shape index (κ1) is 18.2. The quantitative estimate of drug-likeness (QED) is 0.744. The van der Waals surface area contributed by atoms with Gasteiger partial charge in [0, 0.05) is 13.1 Å². The average Bonchev–Trinajstić information content (AvgIpc) is 3.03. The molecule has 1 aliphatic rings. The molecule has 0 spiro atoms. The van der Waals surface area contributed by atoms with E-state index in [9.17, 15) is 9.59 Å². The molecule has 1 saturated heterocycles. The van der Waals surface area contributed by atoms with E-state index in [0.717, 1.165) is 21.9 Å². The second-order valence-electron chi connectivity index (χ2n) is 7.51. The molecule has 3 aromatic carbocycles. The first-order valence-electron chi connectivity index (χ1n) is 9.70. The lowest BCUT2D eigenvalue weighted by atomic mass is 10.0. The maximum Gasteiger partial charge on any atom is 0.245 e. The number of aryl methyl sites for hydroxylation is 1. The molecule has 4 nitrogen and oxygen atoms in total. The van der Waals surface area contributed by atoms with Crippen LogP contribution in [-0.2, 0) is 22.6 Å². The van der Waals surface area contributed by atoms with Crippen molar-refractivity contribution < 1.29 is 9.59 Å². The molecular formula is C24H24N2O2. The van der Waals surface area contributed by atoms with Gasteiger partial charge in [0.05, 0.1) is 6.42 Å². The summed E-state index contributed by atoms with van der Waals surface area (Å²) < 4.78 is 0. The number of hydrogen-bond acceptors (Lipinski definition) is 2. The molecule has 0 aromatic heterocycles. The van der Waals surface area contributed by atoms with Crippen molar-refractivity contribution in [3.8, 4) is 0 Å². The summed E-state index contributed by atoms with van der Waals surface area (Å²) in [4.78, 5) is 26.9. The summed E-state index contributed by atoms with van der Waals surface area (Å²) in [7, 11) is 0. The lowest BCUT2D eigenvalue weighted by Crippen LogP contribution is -2.41. The van der Waals surface area contributed by atoms with Crippen molar-refractivity contribution >= 4 is 22.6 Å². The van der Waals surface area contributed by atoms with Crippen molar-refractivity contribution in [1.82, 2.24) is 10.2 Å². The topological polar surface area (TPSA) is 49.4 Å². The highest BCUT2D eigenvalue weighted by molar-refractivity contribution is 5.90. The van der Waals surface area contributed by atoms with Crippen LogP contribution in [0.3, 0.4) is 0 Å². The van der Waals surface area contributed by atoms with Crippen molar-refractivity contribution in [3.63, 3.8) is 0 Å². The Morgan fingerprint density at radius 1 is 1.00 bits per heavy atom. The Balaban J connectivity index is 1.35. The zero-order valence-electron chi connectivity index (χ0n) is 16.0. The van der Waals surface area contributed by atoms with Gasteiger partial charge in [0.2, 0.25) is 11.8 Å². The fourth-order valence-corrected chi connectivity index (χ4v) is 3.72. The highest BCUT2D eigenvalue weighted by Gasteiger charge is 2.32. The number of nitrogens with one attached hydrogen (secondary N) is 1. The molecule has 3 aromatic rings. The molecule has 2 amide bonds. The maximum atomic E-state index is 12.7. The molecule has 0 aliphatic carbocycles. The largest absolute Gasteiger partial charge is 0.344 e. The molecule has 1 fully saturated rings. The molecule has 142 valence electrons. The van der Waals surface area contributed by atoms with Crippen LogP contribution in [0.2, 0.25) is 0 Å². The third kappa shape index (κ3) is 4.06. The fourth-order valence-electron chi connectivity index (χ4n) is 3.72. The lowest BCUT2D eigenvalue weighted by molar-refractivity contribution is -0.132. The highest BCUT2D eigenvalue weighted by atomic mass is 16.2. The first-order chi connectivity index (χ1) is 13.6. The van der Waals surface area contributed by atoms with Crippen LogP contribution in [0.5, 0.6) is 0 Å². The van der Waals surface area contributed by atoms with Gasteiger partial charge in [-0.25, -0.2) is 0 Å². The second kappa shape index (κ2) is 7.85. The summed E-state index contributed by atoms with van der Waals surface area (Å²) in [6.07, 6.45) is 0.945. The van der Waals surface area contributed by atoms with Crippen molar-refractivity contribution in [2.75, 3.05) is 6.54 Å². The predicted molar refractivity (Wildman–Crippen MR) is 111 cm³/mol. The van der Waals surface area contributed by atoms with E-state index >= 15 is 0 Å². The van der Waals surface area contributed by atoms with E-state index < -0.39 is 6.04 Å². The summed E-state index contributed by atoms with van der Waals surface area (Å²) in [6, 6.07) is 21.9. The number of carbonyl (C=O) groups excluding carboxylic acids is 2. The van der Waals surface area contributed by atoms with Crippen LogP contribution >= 0.6 is 0 Å². The summed E-state index contributed by atoms with van der Waals surface area (Å²) in [5, 5.41) is 5.20. The molecule has 0 radical (unpaired) electrons. The Labute approximate surface area is 165 Å². The molecule has 4 rings (SSSR count). The molecule has 1 atom stereocenters. The summed E-state index contributed by atoms with van der Waals surface area (Å²) in [5.41, 5.74) is 3.27. The van der Waals surface area contributed by atoms with Crippen molar-refractivity contribution in [1.29, 1.82) is 0 Å². The van der Waals surface area contributed by atoms with E-state index in [-0.39, 0.29) is 18.2 Å². The molecule has 1 N–H and O–H groups in total. The van der Waals surface area contributed by atoms with Gasteiger partial charge in [-0.3, -0.25) is 9.59 Å². The highest BCUT2D eigenvalue weighted by Crippen LogP contribution is 2.18. The van der Waals surface area contributed by atoms with Gasteiger partial charge in [-0.15, -0.1) is 0 Å². The number of carbonyl (C=O) groups is 2. The van der Waals surface area contributed by atoms with Gasteiger partial charge >= 0.3 is 0 Å². The van der Waals surface area contributed by atoms with Gasteiger partial charge < -0.3 is 10.2 Å². The van der Waals surface area contributed by atoms with E-state index in [0.29, 0.717) is 19.5 Å². The standard InChI is InChI=1S/C24H24N2O2/c1-17-6-8-18(9-7-17)16-26-13-12-22(24(26)28)25-23(27)15-19-10-11-20-4-2-3-5-21(20)14-19/h2-11,14,22H,12-13,15-16H2,1H3,(H,25,27). The normalized spacial score (nSPS) is 16.5. The Morgan fingerprint density at radius 3 is 2.50 bits per heavy atom. The third-order valence-electron chi connectivity index (χ3n) is 5.31. The molecule has 28 heavy (non-hydrogen) atoms. The van der Waals surface area contributed by atoms with Crippen LogP contribution in [0.4, 0.5) is 0 Å². The summed E-state index contributed by atoms with van der Waals surface area (Å²) in [5.74, 6) is -0.0988. The SMILES string of the molecule is Cc1ccc(CN2CCC(NC(=O)Cc3ccc4ccccc4c3)C2=O)cc1. The molecular weight excluding hydrogens is 348 g/mol. The minimum Gasteiger partial charge on any atom is -0.344 e. The van der Waals surface area contributed by atoms with Crippen LogP contribution in [0.1, 0.15) is 23.1 Å². The number of likely N-dealkylation sites (tertiary alicyclic amines) is 1. The smallest absolute Gasteiger partial charge is 0.245 e. The van der Waals surface area contributed by atoms with Gasteiger partial charge in [0.1, 0.15) is 6.04 Å². The van der Waals surface area contributed by atoms with Gasteiger partial charge in [0.15, 0.2) is 0 Å². The fraction of sp³-hybridized carbons (Fsp3) is 0.250. The number of nitrogens with zero attached hydrogens (tertiary/aromatic N) is 1. The van der Waals surface area contributed by atoms with Crippen LogP contribution in [0.15, 0.2) is 66.7 Å². The Hall–Kier alpha value is -3.14.